The average molecular weight is 310 g/mol. The van der Waals surface area contributed by atoms with Gasteiger partial charge < -0.3 is 15.0 Å². The third kappa shape index (κ3) is 3.14. The van der Waals surface area contributed by atoms with Crippen molar-refractivity contribution in [3.63, 3.8) is 0 Å². The summed E-state index contributed by atoms with van der Waals surface area (Å²) in [5.74, 6) is -0.313. The molecule has 8 heteroatoms. The van der Waals surface area contributed by atoms with Crippen LogP contribution < -0.4 is 21.3 Å². The SMILES string of the molecule is COc1cc(Cl)c(C)cc1NC(=O)c1c[nH]c(=O)[nH]c1=O. The van der Waals surface area contributed by atoms with E-state index in [1.807, 2.05) is 4.98 Å². The highest BCUT2D eigenvalue weighted by Crippen LogP contribution is 2.31. The van der Waals surface area contributed by atoms with Crippen LogP contribution in [0, 0.1) is 6.92 Å². The number of rotatable bonds is 3. The lowest BCUT2D eigenvalue weighted by Crippen LogP contribution is -2.29. The molecule has 0 spiro atoms. The van der Waals surface area contributed by atoms with Crippen LogP contribution >= 0.6 is 11.6 Å². The second kappa shape index (κ2) is 5.84. The number of methoxy groups -OCH3 is 1. The standard InChI is InChI=1S/C13H12ClN3O4/c1-6-3-9(10(21-2)4-8(6)14)16-11(18)7-5-15-13(20)17-12(7)19/h3-5H,1-2H3,(H,16,18)(H2,15,17,19,20). The van der Waals surface area contributed by atoms with Gasteiger partial charge in [-0.3, -0.25) is 14.6 Å². The molecule has 0 atom stereocenters. The topological polar surface area (TPSA) is 104 Å². The molecule has 0 aliphatic carbocycles. The highest BCUT2D eigenvalue weighted by atomic mass is 35.5. The van der Waals surface area contributed by atoms with E-state index in [4.69, 9.17) is 16.3 Å². The van der Waals surface area contributed by atoms with E-state index in [1.54, 1.807) is 19.1 Å². The summed E-state index contributed by atoms with van der Waals surface area (Å²) in [5.41, 5.74) is -0.570. The Balaban J connectivity index is 2.38. The first-order valence-electron chi connectivity index (χ1n) is 5.90. The minimum absolute atomic E-state index is 0.218. The van der Waals surface area contributed by atoms with Gasteiger partial charge in [-0.05, 0) is 18.6 Å². The van der Waals surface area contributed by atoms with E-state index >= 15 is 0 Å². The Bertz CT molecular complexity index is 810. The lowest BCUT2D eigenvalue weighted by molar-refractivity contribution is 0.102. The first-order valence-corrected chi connectivity index (χ1v) is 6.27. The van der Waals surface area contributed by atoms with E-state index in [1.165, 1.54) is 7.11 Å². The number of carbonyl (C=O) groups excluding carboxylic acids is 1. The van der Waals surface area contributed by atoms with Crippen LogP contribution in [0.15, 0.2) is 27.9 Å². The Kier molecular flexibility index (Phi) is 4.13. The largest absolute Gasteiger partial charge is 0.495 e. The van der Waals surface area contributed by atoms with Crippen LogP contribution in [0.4, 0.5) is 5.69 Å². The minimum Gasteiger partial charge on any atom is -0.495 e. The van der Waals surface area contributed by atoms with Gasteiger partial charge in [-0.15, -0.1) is 0 Å². The Hall–Kier alpha value is -2.54. The summed E-state index contributed by atoms with van der Waals surface area (Å²) in [6.07, 6.45) is 1.05. The number of hydrogen-bond acceptors (Lipinski definition) is 4. The molecule has 0 fully saturated rings. The number of anilines is 1. The van der Waals surface area contributed by atoms with Gasteiger partial charge in [0.1, 0.15) is 11.3 Å². The fourth-order valence-corrected chi connectivity index (χ4v) is 1.85. The Labute approximate surface area is 123 Å². The van der Waals surface area contributed by atoms with Crippen LogP contribution in [0.1, 0.15) is 15.9 Å². The monoisotopic (exact) mass is 309 g/mol. The predicted octanol–water partition coefficient (Wildman–Crippen LogP) is 1.29. The summed E-state index contributed by atoms with van der Waals surface area (Å²) in [4.78, 5) is 38.8. The summed E-state index contributed by atoms with van der Waals surface area (Å²) >= 11 is 5.97. The molecule has 0 bridgehead atoms. The fraction of sp³-hybridized carbons (Fsp3) is 0.154. The molecule has 2 aromatic rings. The van der Waals surface area contributed by atoms with Crippen molar-refractivity contribution in [2.45, 2.75) is 6.92 Å². The highest BCUT2D eigenvalue weighted by Gasteiger charge is 2.14. The Morgan fingerprint density at radius 1 is 1.33 bits per heavy atom. The van der Waals surface area contributed by atoms with Crippen molar-refractivity contribution >= 4 is 23.2 Å². The molecule has 0 aliphatic heterocycles. The average Bonchev–Trinajstić information content (AvgIpc) is 2.42. The van der Waals surface area contributed by atoms with E-state index in [0.29, 0.717) is 16.5 Å². The molecule has 2 rings (SSSR count). The molecule has 1 amide bonds. The van der Waals surface area contributed by atoms with Gasteiger partial charge in [0, 0.05) is 17.3 Å². The molecule has 110 valence electrons. The molecule has 0 radical (unpaired) electrons. The van der Waals surface area contributed by atoms with Gasteiger partial charge in [0.2, 0.25) is 0 Å². The Morgan fingerprint density at radius 3 is 2.67 bits per heavy atom. The van der Waals surface area contributed by atoms with Crippen LogP contribution in [0.5, 0.6) is 5.75 Å². The molecule has 1 heterocycles. The molecule has 0 saturated heterocycles. The fourth-order valence-electron chi connectivity index (χ4n) is 1.70. The lowest BCUT2D eigenvalue weighted by Gasteiger charge is -2.11. The van der Waals surface area contributed by atoms with Gasteiger partial charge >= 0.3 is 5.69 Å². The number of nitrogens with one attached hydrogen (secondary N) is 3. The molecule has 0 unspecified atom stereocenters. The molecule has 3 N–H and O–H groups in total. The number of aryl methyl sites for hydroxylation is 1. The zero-order chi connectivity index (χ0) is 15.6. The number of amides is 1. The lowest BCUT2D eigenvalue weighted by atomic mass is 10.2. The van der Waals surface area contributed by atoms with Crippen molar-refractivity contribution in [3.05, 3.63) is 55.3 Å². The maximum absolute atomic E-state index is 12.1. The number of H-pyrrole nitrogens is 2. The summed E-state index contributed by atoms with van der Waals surface area (Å²) in [6, 6.07) is 3.18. The number of carbonyl (C=O) groups is 1. The van der Waals surface area contributed by atoms with Gasteiger partial charge in [-0.2, -0.15) is 0 Å². The number of halogens is 1. The molecule has 0 aliphatic rings. The number of ether oxygens (including phenoxy) is 1. The van der Waals surface area contributed by atoms with Crippen LogP contribution in [0.2, 0.25) is 5.02 Å². The number of aromatic nitrogens is 2. The molecule has 21 heavy (non-hydrogen) atoms. The van der Waals surface area contributed by atoms with Crippen molar-refractivity contribution in [1.82, 2.24) is 9.97 Å². The van der Waals surface area contributed by atoms with Crippen molar-refractivity contribution in [2.75, 3.05) is 12.4 Å². The second-order valence-electron chi connectivity index (χ2n) is 4.24. The van der Waals surface area contributed by atoms with Crippen LogP contribution in [0.3, 0.4) is 0 Å². The zero-order valence-corrected chi connectivity index (χ0v) is 12.0. The number of aromatic amines is 2. The zero-order valence-electron chi connectivity index (χ0n) is 11.2. The van der Waals surface area contributed by atoms with Gasteiger partial charge in [0.25, 0.3) is 11.5 Å². The van der Waals surface area contributed by atoms with Crippen LogP contribution in [0.25, 0.3) is 0 Å². The van der Waals surface area contributed by atoms with Crippen molar-refractivity contribution in [1.29, 1.82) is 0 Å². The van der Waals surface area contributed by atoms with E-state index in [0.717, 1.165) is 11.8 Å². The van der Waals surface area contributed by atoms with Gasteiger partial charge in [-0.1, -0.05) is 11.6 Å². The molecule has 7 nitrogen and oxygen atoms in total. The molecular formula is C13H12ClN3O4. The van der Waals surface area contributed by atoms with Gasteiger partial charge in [0.15, 0.2) is 0 Å². The minimum atomic E-state index is -0.777. The summed E-state index contributed by atoms with van der Waals surface area (Å²) < 4.78 is 5.12. The predicted molar refractivity (Wildman–Crippen MR) is 78.4 cm³/mol. The number of hydrogen-bond donors (Lipinski definition) is 3. The molecule has 1 aromatic carbocycles. The highest BCUT2D eigenvalue weighted by molar-refractivity contribution is 6.31. The van der Waals surface area contributed by atoms with Crippen molar-refractivity contribution in [3.8, 4) is 5.75 Å². The van der Waals surface area contributed by atoms with Crippen molar-refractivity contribution in [2.24, 2.45) is 0 Å². The smallest absolute Gasteiger partial charge is 0.325 e. The molecule has 0 saturated carbocycles. The van der Waals surface area contributed by atoms with Gasteiger partial charge in [0.05, 0.1) is 12.8 Å². The maximum atomic E-state index is 12.1. The van der Waals surface area contributed by atoms with Crippen LogP contribution in [-0.4, -0.2) is 23.0 Å². The summed E-state index contributed by atoms with van der Waals surface area (Å²) in [5, 5.41) is 3.03. The molecular weight excluding hydrogens is 298 g/mol. The first kappa shape index (κ1) is 14.9. The maximum Gasteiger partial charge on any atom is 0.325 e. The van der Waals surface area contributed by atoms with Crippen molar-refractivity contribution < 1.29 is 9.53 Å². The van der Waals surface area contributed by atoms with Crippen LogP contribution in [-0.2, 0) is 0 Å². The van der Waals surface area contributed by atoms with E-state index in [9.17, 15) is 14.4 Å². The summed E-state index contributed by atoms with van der Waals surface area (Å²) in [7, 11) is 1.43. The first-order chi connectivity index (χ1) is 9.92. The third-order valence-electron chi connectivity index (χ3n) is 2.79. The second-order valence-corrected chi connectivity index (χ2v) is 4.65. The quantitative estimate of drug-likeness (QED) is 0.794. The van der Waals surface area contributed by atoms with E-state index < -0.39 is 17.2 Å². The number of benzene rings is 1. The normalized spacial score (nSPS) is 10.2. The Morgan fingerprint density at radius 2 is 2.05 bits per heavy atom. The van der Waals surface area contributed by atoms with Gasteiger partial charge in [-0.25, -0.2) is 4.79 Å². The van der Waals surface area contributed by atoms with E-state index in [-0.39, 0.29) is 5.56 Å². The molecule has 1 aromatic heterocycles. The van der Waals surface area contributed by atoms with E-state index in [2.05, 4.69) is 10.3 Å². The summed E-state index contributed by atoms with van der Waals surface area (Å²) in [6.45, 7) is 1.77. The third-order valence-corrected chi connectivity index (χ3v) is 3.20.